The van der Waals surface area contributed by atoms with Crippen molar-refractivity contribution in [1.82, 2.24) is 14.9 Å². The zero-order valence-electron chi connectivity index (χ0n) is 15.3. The first-order valence-corrected chi connectivity index (χ1v) is 10.7. The van der Waals surface area contributed by atoms with Gasteiger partial charge in [0.2, 0.25) is 0 Å². The molecule has 2 fully saturated rings. The summed E-state index contributed by atoms with van der Waals surface area (Å²) < 4.78 is 61.2. The maximum atomic E-state index is 12.6. The number of hydrogen-bond acceptors (Lipinski definition) is 3. The van der Waals surface area contributed by atoms with E-state index in [2.05, 4.69) is 22.5 Å². The van der Waals surface area contributed by atoms with Crippen molar-refractivity contribution in [3.05, 3.63) is 0 Å². The molecule has 0 aromatic carbocycles. The first-order valence-electron chi connectivity index (χ1n) is 9.30. The van der Waals surface area contributed by atoms with Crippen LogP contribution < -0.4 is 10.6 Å². The average Bonchev–Trinajstić information content (AvgIpc) is 3.30. The summed E-state index contributed by atoms with van der Waals surface area (Å²) in [5.74, 6) is 1.52. The molecule has 6 nitrogen and oxygen atoms in total. The van der Waals surface area contributed by atoms with Crippen LogP contribution in [0.4, 0.5) is 13.2 Å². The van der Waals surface area contributed by atoms with Crippen LogP contribution in [0.25, 0.3) is 0 Å². The highest BCUT2D eigenvalue weighted by Gasteiger charge is 2.50. The average molecular weight is 398 g/mol. The van der Waals surface area contributed by atoms with Gasteiger partial charge in [0, 0.05) is 32.2 Å². The maximum Gasteiger partial charge on any atom is 0.511 e. The van der Waals surface area contributed by atoms with E-state index >= 15 is 0 Å². The predicted octanol–water partition coefficient (Wildman–Crippen LogP) is 2.29. The number of alkyl halides is 3. The quantitative estimate of drug-likeness (QED) is 0.510. The Morgan fingerprint density at radius 2 is 1.88 bits per heavy atom. The SMILES string of the molecule is CCCC1CC1NC(=NCC1CCN(S(=O)(=O)C(F)(F)F)CC1)NCC. The lowest BCUT2D eigenvalue weighted by Crippen LogP contribution is -2.45. The molecule has 0 aromatic rings. The van der Waals surface area contributed by atoms with E-state index in [4.69, 9.17) is 0 Å². The van der Waals surface area contributed by atoms with Crippen LogP contribution >= 0.6 is 0 Å². The monoisotopic (exact) mass is 398 g/mol. The molecular formula is C16H29F3N4O2S. The fraction of sp³-hybridized carbons (Fsp3) is 0.938. The molecule has 0 spiro atoms. The number of hydrogen-bond donors (Lipinski definition) is 2. The van der Waals surface area contributed by atoms with E-state index in [1.165, 1.54) is 6.42 Å². The van der Waals surface area contributed by atoms with E-state index < -0.39 is 15.5 Å². The fourth-order valence-corrected chi connectivity index (χ4v) is 4.29. The largest absolute Gasteiger partial charge is 0.511 e. The third kappa shape index (κ3) is 5.48. The van der Waals surface area contributed by atoms with E-state index in [0.717, 1.165) is 25.3 Å². The van der Waals surface area contributed by atoms with Gasteiger partial charge in [-0.1, -0.05) is 13.3 Å². The number of piperidine rings is 1. The van der Waals surface area contributed by atoms with Gasteiger partial charge in [0.25, 0.3) is 0 Å². The van der Waals surface area contributed by atoms with Crippen LogP contribution in [0, 0.1) is 11.8 Å². The van der Waals surface area contributed by atoms with Gasteiger partial charge in [-0.2, -0.15) is 17.5 Å². The summed E-state index contributed by atoms with van der Waals surface area (Å²) in [6, 6.07) is 0.450. The van der Waals surface area contributed by atoms with Crippen molar-refractivity contribution < 1.29 is 21.6 Å². The molecule has 152 valence electrons. The number of guanidine groups is 1. The zero-order valence-corrected chi connectivity index (χ0v) is 16.2. The van der Waals surface area contributed by atoms with E-state index in [0.29, 0.717) is 35.7 Å². The highest BCUT2D eigenvalue weighted by atomic mass is 32.2. The zero-order chi connectivity index (χ0) is 19.4. The molecule has 2 unspecified atom stereocenters. The van der Waals surface area contributed by atoms with Gasteiger partial charge >= 0.3 is 15.5 Å². The summed E-state index contributed by atoms with van der Waals surface area (Å²) in [6.45, 7) is 5.16. The van der Waals surface area contributed by atoms with Crippen LogP contribution in [0.2, 0.25) is 0 Å². The van der Waals surface area contributed by atoms with Crippen LogP contribution in [0.3, 0.4) is 0 Å². The molecule has 0 aromatic heterocycles. The first kappa shape index (κ1) is 21.3. The number of rotatable bonds is 7. The van der Waals surface area contributed by atoms with E-state index in [-0.39, 0.29) is 19.0 Å². The molecule has 2 aliphatic rings. The van der Waals surface area contributed by atoms with Crippen molar-refractivity contribution >= 4 is 16.0 Å². The van der Waals surface area contributed by atoms with Crippen molar-refractivity contribution in [2.45, 2.75) is 57.5 Å². The van der Waals surface area contributed by atoms with Crippen LogP contribution in [0.1, 0.15) is 46.0 Å². The van der Waals surface area contributed by atoms with Crippen molar-refractivity contribution in [1.29, 1.82) is 0 Å². The van der Waals surface area contributed by atoms with Gasteiger partial charge in [-0.05, 0) is 44.4 Å². The summed E-state index contributed by atoms with van der Waals surface area (Å²) >= 11 is 0. The molecule has 2 N–H and O–H groups in total. The fourth-order valence-electron chi connectivity index (χ4n) is 3.31. The molecule has 2 atom stereocenters. The summed E-state index contributed by atoms with van der Waals surface area (Å²) in [6.07, 6.45) is 4.28. The molecular weight excluding hydrogens is 369 g/mol. The summed E-state index contributed by atoms with van der Waals surface area (Å²) in [4.78, 5) is 4.55. The van der Waals surface area contributed by atoms with Gasteiger partial charge in [0.1, 0.15) is 0 Å². The minimum Gasteiger partial charge on any atom is -0.357 e. The predicted molar refractivity (Wildman–Crippen MR) is 95.2 cm³/mol. The van der Waals surface area contributed by atoms with Gasteiger partial charge in [-0.15, -0.1) is 0 Å². The number of nitrogens with zero attached hydrogens (tertiary/aromatic N) is 2. The minimum atomic E-state index is -5.22. The van der Waals surface area contributed by atoms with Gasteiger partial charge < -0.3 is 10.6 Å². The van der Waals surface area contributed by atoms with Crippen molar-refractivity contribution in [2.24, 2.45) is 16.8 Å². The summed E-state index contributed by atoms with van der Waals surface area (Å²) in [7, 11) is -5.21. The van der Waals surface area contributed by atoms with Crippen molar-refractivity contribution in [3.8, 4) is 0 Å². The van der Waals surface area contributed by atoms with Crippen molar-refractivity contribution in [3.63, 3.8) is 0 Å². The molecule has 1 aliphatic carbocycles. The molecule has 1 saturated heterocycles. The topological polar surface area (TPSA) is 73.8 Å². The highest BCUT2D eigenvalue weighted by Crippen LogP contribution is 2.34. The second-order valence-corrected chi connectivity index (χ2v) is 8.98. The lowest BCUT2D eigenvalue weighted by Gasteiger charge is -2.30. The van der Waals surface area contributed by atoms with Gasteiger partial charge in [0.05, 0.1) is 0 Å². The molecule has 0 radical (unpaired) electrons. The molecule has 1 aliphatic heterocycles. The smallest absolute Gasteiger partial charge is 0.357 e. The third-order valence-corrected chi connectivity index (χ3v) is 6.59. The van der Waals surface area contributed by atoms with E-state index in [1.54, 1.807) is 0 Å². The molecule has 1 heterocycles. The summed E-state index contributed by atoms with van der Waals surface area (Å²) in [5, 5.41) is 6.60. The second-order valence-electron chi connectivity index (χ2n) is 7.05. The van der Waals surface area contributed by atoms with Gasteiger partial charge in [0.15, 0.2) is 5.96 Å². The molecule has 0 bridgehead atoms. The number of halogens is 3. The normalized spacial score (nSPS) is 26.0. The Bertz CT molecular complexity index is 587. The van der Waals surface area contributed by atoms with Crippen LogP contribution in [0.15, 0.2) is 4.99 Å². The Hall–Kier alpha value is -1.03. The number of nitrogens with one attached hydrogen (secondary N) is 2. The lowest BCUT2D eigenvalue weighted by molar-refractivity contribution is -0.0496. The Morgan fingerprint density at radius 1 is 1.23 bits per heavy atom. The third-order valence-electron chi connectivity index (χ3n) is 4.96. The second kappa shape index (κ2) is 8.77. The number of aliphatic imine (C=N–C) groups is 1. The highest BCUT2D eigenvalue weighted by molar-refractivity contribution is 7.90. The Balaban J connectivity index is 1.82. The molecule has 0 amide bonds. The Labute approximate surface area is 153 Å². The molecule has 10 heteroatoms. The maximum absolute atomic E-state index is 12.6. The van der Waals surface area contributed by atoms with Gasteiger partial charge in [-0.3, -0.25) is 4.99 Å². The minimum absolute atomic E-state index is 0.0933. The molecule has 2 rings (SSSR count). The van der Waals surface area contributed by atoms with Crippen molar-refractivity contribution in [2.75, 3.05) is 26.2 Å². The van der Waals surface area contributed by atoms with Crippen LogP contribution in [0.5, 0.6) is 0 Å². The molecule has 1 saturated carbocycles. The standard InChI is InChI=1S/C16H29F3N4O2S/c1-3-5-13-10-14(13)22-15(20-4-2)21-11-12-6-8-23(9-7-12)26(24,25)16(17,18)19/h12-14H,3-11H2,1-2H3,(H2,20,21,22). The Kier molecular flexibility index (Phi) is 7.18. The van der Waals surface area contributed by atoms with Crippen LogP contribution in [-0.2, 0) is 10.0 Å². The van der Waals surface area contributed by atoms with Gasteiger partial charge in [-0.25, -0.2) is 8.42 Å². The lowest BCUT2D eigenvalue weighted by atomic mass is 9.98. The summed E-state index contributed by atoms with van der Waals surface area (Å²) in [5.41, 5.74) is -5.22. The number of sulfonamides is 1. The van der Waals surface area contributed by atoms with E-state index in [1.807, 2.05) is 6.92 Å². The Morgan fingerprint density at radius 3 is 2.42 bits per heavy atom. The first-order chi connectivity index (χ1) is 12.2. The van der Waals surface area contributed by atoms with E-state index in [9.17, 15) is 21.6 Å². The van der Waals surface area contributed by atoms with Crippen LogP contribution in [-0.4, -0.2) is 56.4 Å². The molecule has 26 heavy (non-hydrogen) atoms.